The van der Waals surface area contributed by atoms with Crippen molar-refractivity contribution >= 4 is 0 Å². The maximum absolute atomic E-state index is 12.2. The van der Waals surface area contributed by atoms with Crippen LogP contribution in [-0.2, 0) is 0 Å². The van der Waals surface area contributed by atoms with E-state index in [9.17, 15) is 10.1 Å². The van der Waals surface area contributed by atoms with Crippen LogP contribution in [0, 0.1) is 18.3 Å². The summed E-state index contributed by atoms with van der Waals surface area (Å²) >= 11 is 0. The van der Waals surface area contributed by atoms with E-state index in [4.69, 9.17) is 14.9 Å². The van der Waals surface area contributed by atoms with Crippen molar-refractivity contribution in [1.82, 2.24) is 4.98 Å². The molecule has 6 nitrogen and oxygen atoms in total. The molecule has 0 fully saturated rings. The first-order chi connectivity index (χ1) is 10.1. The number of hydrogen-bond donors (Lipinski definition) is 1. The summed E-state index contributed by atoms with van der Waals surface area (Å²) < 4.78 is 10.5. The van der Waals surface area contributed by atoms with Gasteiger partial charge < -0.3 is 14.9 Å². The van der Waals surface area contributed by atoms with Crippen LogP contribution in [0.5, 0.6) is 5.75 Å². The maximum Gasteiger partial charge on any atom is 0.343 e. The zero-order chi connectivity index (χ0) is 15.0. The molecule has 0 radical (unpaired) electrons. The molecule has 0 amide bonds. The predicted octanol–water partition coefficient (Wildman–Crippen LogP) is 1.56. The number of aryl methyl sites for hydroxylation is 1. The third kappa shape index (κ3) is 2.05. The summed E-state index contributed by atoms with van der Waals surface area (Å²) in [5, 5.41) is 9.34. The van der Waals surface area contributed by atoms with E-state index in [1.807, 2.05) is 6.07 Å². The smallest absolute Gasteiger partial charge is 0.343 e. The molecule has 104 valence electrons. The zero-order valence-corrected chi connectivity index (χ0v) is 11.2. The molecule has 0 saturated heterocycles. The minimum absolute atomic E-state index is 0.0103. The number of fused-ring (bicyclic) bond motifs is 1. The largest absolute Gasteiger partial charge is 0.440 e. The van der Waals surface area contributed by atoms with Crippen molar-refractivity contribution in [3.63, 3.8) is 0 Å². The van der Waals surface area contributed by atoms with Gasteiger partial charge in [0.1, 0.15) is 23.2 Å². The van der Waals surface area contributed by atoms with E-state index >= 15 is 0 Å². The number of ether oxygens (including phenoxy) is 1. The minimum atomic E-state index is -0.635. The Morgan fingerprint density at radius 1 is 1.48 bits per heavy atom. The summed E-state index contributed by atoms with van der Waals surface area (Å²) in [6.07, 6.45) is 3.20. The van der Waals surface area contributed by atoms with Gasteiger partial charge >= 0.3 is 5.63 Å². The van der Waals surface area contributed by atoms with E-state index < -0.39 is 11.5 Å². The fourth-order valence-corrected chi connectivity index (χ4v) is 2.40. The first-order valence-electron chi connectivity index (χ1n) is 6.24. The fourth-order valence-electron chi connectivity index (χ4n) is 2.40. The number of pyridine rings is 1. The number of nitrogens with two attached hydrogens (primary N) is 1. The van der Waals surface area contributed by atoms with Crippen LogP contribution in [-0.4, -0.2) is 4.98 Å². The molecule has 0 saturated carbocycles. The second-order valence-corrected chi connectivity index (χ2v) is 4.63. The second kappa shape index (κ2) is 4.80. The van der Waals surface area contributed by atoms with Gasteiger partial charge in [0.25, 0.3) is 0 Å². The van der Waals surface area contributed by atoms with Crippen LogP contribution >= 0.6 is 0 Å². The summed E-state index contributed by atoms with van der Waals surface area (Å²) in [5.41, 5.74) is 6.39. The van der Waals surface area contributed by atoms with Crippen molar-refractivity contribution in [1.29, 1.82) is 5.26 Å². The van der Waals surface area contributed by atoms with Crippen LogP contribution < -0.4 is 16.1 Å². The normalized spacial score (nSPS) is 16.9. The number of nitriles is 1. The molecule has 1 aliphatic rings. The Bertz CT molecular complexity index is 831. The standard InChI is InChI=1S/C15H11N3O3/c1-8-5-11-13(15(19)20-8)12(9-3-2-4-18-7-9)10(6-16)14(17)21-11/h2-5,7,12H,17H2,1H3. The fraction of sp³-hybridized carbons (Fsp3) is 0.133. The summed E-state index contributed by atoms with van der Waals surface area (Å²) in [4.78, 5) is 16.2. The van der Waals surface area contributed by atoms with Gasteiger partial charge in [-0.1, -0.05) is 6.07 Å². The highest BCUT2D eigenvalue weighted by molar-refractivity contribution is 5.54. The van der Waals surface area contributed by atoms with Crippen LogP contribution in [0.3, 0.4) is 0 Å². The van der Waals surface area contributed by atoms with Crippen LogP contribution in [0.25, 0.3) is 0 Å². The quantitative estimate of drug-likeness (QED) is 0.851. The molecule has 1 unspecified atom stereocenters. The van der Waals surface area contributed by atoms with Crippen LogP contribution in [0.15, 0.2) is 51.3 Å². The molecule has 6 heteroatoms. The van der Waals surface area contributed by atoms with Gasteiger partial charge in [0.05, 0.1) is 11.5 Å². The van der Waals surface area contributed by atoms with Gasteiger partial charge in [0, 0.05) is 18.5 Å². The molecular formula is C15H11N3O3. The Labute approximate surface area is 120 Å². The highest BCUT2D eigenvalue weighted by Crippen LogP contribution is 2.39. The Morgan fingerprint density at radius 3 is 2.95 bits per heavy atom. The molecule has 1 aliphatic heterocycles. The summed E-state index contributed by atoms with van der Waals surface area (Å²) in [7, 11) is 0. The van der Waals surface area contributed by atoms with Crippen molar-refractivity contribution in [3.8, 4) is 11.8 Å². The summed E-state index contributed by atoms with van der Waals surface area (Å²) in [5.74, 6) is 0.0825. The lowest BCUT2D eigenvalue weighted by Crippen LogP contribution is -2.26. The van der Waals surface area contributed by atoms with Crippen LogP contribution in [0.4, 0.5) is 0 Å². The Balaban J connectivity index is 2.32. The highest BCUT2D eigenvalue weighted by atomic mass is 16.5. The molecular weight excluding hydrogens is 270 g/mol. The molecule has 3 heterocycles. The lowest BCUT2D eigenvalue weighted by molar-refractivity contribution is 0.371. The van der Waals surface area contributed by atoms with Crippen molar-refractivity contribution in [2.24, 2.45) is 5.73 Å². The average molecular weight is 281 g/mol. The molecule has 2 N–H and O–H groups in total. The van der Waals surface area contributed by atoms with Gasteiger partial charge in [-0.05, 0) is 18.6 Å². The SMILES string of the molecule is Cc1cc2c(c(=O)o1)C(c1cccnc1)C(C#N)=C(N)O2. The first-order valence-corrected chi connectivity index (χ1v) is 6.24. The monoisotopic (exact) mass is 281 g/mol. The molecule has 21 heavy (non-hydrogen) atoms. The summed E-state index contributed by atoms with van der Waals surface area (Å²) in [6, 6.07) is 7.09. The first kappa shape index (κ1) is 12.9. The Kier molecular flexibility index (Phi) is 2.95. The van der Waals surface area contributed by atoms with Gasteiger partial charge in [-0.2, -0.15) is 5.26 Å². The molecule has 2 aromatic rings. The van der Waals surface area contributed by atoms with Gasteiger partial charge in [0.15, 0.2) is 0 Å². The average Bonchev–Trinajstić information content (AvgIpc) is 2.46. The van der Waals surface area contributed by atoms with E-state index in [1.54, 1.807) is 37.5 Å². The topological polar surface area (TPSA) is 102 Å². The van der Waals surface area contributed by atoms with Gasteiger partial charge in [-0.25, -0.2) is 4.79 Å². The molecule has 2 aromatic heterocycles. The van der Waals surface area contributed by atoms with Crippen molar-refractivity contribution in [2.75, 3.05) is 0 Å². The van der Waals surface area contributed by atoms with E-state index in [1.165, 1.54) is 0 Å². The van der Waals surface area contributed by atoms with E-state index in [0.717, 1.165) is 0 Å². The number of nitrogens with zero attached hydrogens (tertiary/aromatic N) is 2. The highest BCUT2D eigenvalue weighted by Gasteiger charge is 2.34. The van der Waals surface area contributed by atoms with Gasteiger partial charge in [-0.15, -0.1) is 0 Å². The molecule has 0 aliphatic carbocycles. The third-order valence-electron chi connectivity index (χ3n) is 3.27. The van der Waals surface area contributed by atoms with E-state index in [0.29, 0.717) is 17.1 Å². The predicted molar refractivity (Wildman–Crippen MR) is 73.2 cm³/mol. The molecule has 0 spiro atoms. The van der Waals surface area contributed by atoms with E-state index in [2.05, 4.69) is 4.98 Å². The number of hydrogen-bond acceptors (Lipinski definition) is 6. The second-order valence-electron chi connectivity index (χ2n) is 4.63. The lowest BCUT2D eigenvalue weighted by atomic mass is 9.85. The van der Waals surface area contributed by atoms with Crippen molar-refractivity contribution < 1.29 is 9.15 Å². The summed E-state index contributed by atoms with van der Waals surface area (Å²) in [6.45, 7) is 1.64. The van der Waals surface area contributed by atoms with Crippen molar-refractivity contribution in [2.45, 2.75) is 12.8 Å². The number of allylic oxidation sites excluding steroid dienone is 1. The molecule has 0 aromatic carbocycles. The zero-order valence-electron chi connectivity index (χ0n) is 11.2. The minimum Gasteiger partial charge on any atom is -0.440 e. The van der Waals surface area contributed by atoms with Crippen LogP contribution in [0.1, 0.15) is 22.8 Å². The molecule has 0 bridgehead atoms. The van der Waals surface area contributed by atoms with Gasteiger partial charge in [0.2, 0.25) is 5.88 Å². The third-order valence-corrected chi connectivity index (χ3v) is 3.27. The Morgan fingerprint density at radius 2 is 2.29 bits per heavy atom. The van der Waals surface area contributed by atoms with Gasteiger partial charge in [-0.3, -0.25) is 4.98 Å². The van der Waals surface area contributed by atoms with Crippen molar-refractivity contribution in [3.05, 3.63) is 69.4 Å². The molecule has 3 rings (SSSR count). The van der Waals surface area contributed by atoms with Crippen LogP contribution in [0.2, 0.25) is 0 Å². The molecule has 1 atom stereocenters. The maximum atomic E-state index is 12.2. The van der Waals surface area contributed by atoms with E-state index in [-0.39, 0.29) is 17.0 Å². The number of rotatable bonds is 1. The lowest BCUT2D eigenvalue weighted by Gasteiger charge is -2.24. The Hall–Kier alpha value is -3.07. The number of aromatic nitrogens is 1.